The van der Waals surface area contributed by atoms with E-state index in [1.54, 1.807) is 4.44 Å². The van der Waals surface area contributed by atoms with Crippen LogP contribution in [0.4, 0.5) is 0 Å². The van der Waals surface area contributed by atoms with Gasteiger partial charge in [0.25, 0.3) is 0 Å². The van der Waals surface area contributed by atoms with E-state index in [1.165, 1.54) is 12.8 Å². The first-order valence-corrected chi connectivity index (χ1v) is 18.8. The summed E-state index contributed by atoms with van der Waals surface area (Å²) in [4.78, 5) is 0. The van der Waals surface area contributed by atoms with Gasteiger partial charge in [0, 0.05) is 0 Å². The van der Waals surface area contributed by atoms with Gasteiger partial charge in [-0.25, -0.2) is 0 Å². The molecule has 0 aliphatic carbocycles. The quantitative estimate of drug-likeness (QED) is 0.381. The second-order valence-electron chi connectivity index (χ2n) is 2.18. The van der Waals surface area contributed by atoms with E-state index in [4.69, 9.17) is 4.74 Å². The molecule has 0 heterocycles. The van der Waals surface area contributed by atoms with Crippen LogP contribution >= 0.6 is 0 Å². The van der Waals surface area contributed by atoms with Gasteiger partial charge in [-0.15, -0.1) is 0 Å². The van der Waals surface area contributed by atoms with Gasteiger partial charge >= 0.3 is 87.2 Å². The minimum atomic E-state index is -0.0116. The average molecular weight is 366 g/mol. The van der Waals surface area contributed by atoms with Gasteiger partial charge in [-0.05, 0) is 0 Å². The van der Waals surface area contributed by atoms with Crippen molar-refractivity contribution in [2.24, 2.45) is 0 Å². The molecule has 0 unspecified atom stereocenters. The third kappa shape index (κ3) is 11.1. The van der Waals surface area contributed by atoms with Gasteiger partial charge in [0.05, 0.1) is 0 Å². The van der Waals surface area contributed by atoms with Gasteiger partial charge in [-0.2, -0.15) is 0 Å². The number of rotatable bonds is 7. The monoisotopic (exact) mass is 368 g/mol. The van der Waals surface area contributed by atoms with Crippen molar-refractivity contribution < 1.29 is 4.74 Å². The minimum absolute atomic E-state index is 0.0116. The Bertz CT molecular complexity index is 94.1. The summed E-state index contributed by atoms with van der Waals surface area (Å²) in [5.41, 5.74) is 0. The van der Waals surface area contributed by atoms with E-state index in [0.29, 0.717) is 0 Å². The summed E-state index contributed by atoms with van der Waals surface area (Å²) in [6, 6.07) is 0. The summed E-state index contributed by atoms with van der Waals surface area (Å²) < 4.78 is 9.08. The Labute approximate surface area is 86.5 Å². The molecule has 0 aromatic heterocycles. The fourth-order valence-electron chi connectivity index (χ4n) is 0.575. The third-order valence-corrected chi connectivity index (χ3v) is 16.2. The Hall–Kier alpha value is 1.14. The van der Waals surface area contributed by atoms with E-state index in [0.717, 1.165) is 6.61 Å². The number of ether oxygens (including phenoxy) is 1. The van der Waals surface area contributed by atoms with Gasteiger partial charge in [0.2, 0.25) is 0 Å². The standard InChI is InChI=1S/C4H7O.C4H9.2Sn/c1-3-5-4-2;1-3-4-2;;/h1,3H,4H2,2H3;1,3-4H2,2H3;;. The summed E-state index contributed by atoms with van der Waals surface area (Å²) in [5, 5.41) is 0. The van der Waals surface area contributed by atoms with Crippen LogP contribution in [0.15, 0.2) is 10.4 Å². The molecule has 0 saturated carbocycles. The van der Waals surface area contributed by atoms with Crippen molar-refractivity contribution in [3.63, 3.8) is 0 Å². The predicted octanol–water partition coefficient (Wildman–Crippen LogP) is 2.04. The van der Waals surface area contributed by atoms with Crippen molar-refractivity contribution >= 4 is 34.4 Å². The van der Waals surface area contributed by atoms with Crippen LogP contribution in [0, 0.1) is 0 Å². The molecule has 0 N–H and O–H groups in total. The van der Waals surface area contributed by atoms with E-state index >= 15 is 0 Å². The molecule has 0 saturated heterocycles. The maximum atomic E-state index is 5.13. The SMILES string of the molecule is CCC[CH2][Sn][Sn][CH]=COCC. The molecule has 0 spiro atoms. The molecule has 0 bridgehead atoms. The number of hydrogen-bond donors (Lipinski definition) is 0. The van der Waals surface area contributed by atoms with Crippen molar-refractivity contribution in [2.45, 2.75) is 31.1 Å². The van der Waals surface area contributed by atoms with Crippen LogP contribution in [0.5, 0.6) is 0 Å². The molecule has 0 aromatic rings. The molecule has 1 nitrogen and oxygen atoms in total. The van der Waals surface area contributed by atoms with Crippen molar-refractivity contribution in [3.8, 4) is 0 Å². The summed E-state index contributed by atoms with van der Waals surface area (Å²) in [7, 11) is 0. The fraction of sp³-hybridized carbons (Fsp3) is 0.750. The predicted molar refractivity (Wildman–Crippen MR) is 52.0 cm³/mol. The Kier molecular flexibility index (Phi) is 12.3. The molecule has 3 heteroatoms. The average Bonchev–Trinajstić information content (AvgIpc) is 2.03. The fourth-order valence-corrected chi connectivity index (χ4v) is 13.0. The van der Waals surface area contributed by atoms with Gasteiger partial charge in [0.15, 0.2) is 0 Å². The normalized spacial score (nSPS) is 10.7. The number of unbranched alkanes of at least 4 members (excludes halogenated alkanes) is 1. The van der Waals surface area contributed by atoms with Crippen LogP contribution in [0.3, 0.4) is 0 Å². The summed E-state index contributed by atoms with van der Waals surface area (Å²) in [6.45, 7) is 5.14. The second-order valence-corrected chi connectivity index (χ2v) is 18.7. The molecule has 0 atom stereocenters. The summed E-state index contributed by atoms with van der Waals surface area (Å²) in [6.07, 6.45) is 4.80. The van der Waals surface area contributed by atoms with Crippen LogP contribution in [0.25, 0.3) is 0 Å². The molecular weight excluding hydrogens is 350 g/mol. The number of hydrogen-bond acceptors (Lipinski definition) is 1. The molecule has 4 radical (unpaired) electrons. The van der Waals surface area contributed by atoms with E-state index in [1.807, 2.05) is 13.2 Å². The molecule has 0 fully saturated rings. The zero-order chi connectivity index (χ0) is 8.36. The first-order valence-electron chi connectivity index (χ1n) is 4.16. The molecule has 0 rings (SSSR count). The zero-order valence-electron chi connectivity index (χ0n) is 7.39. The molecule has 0 aliphatic heterocycles. The molecule has 11 heavy (non-hydrogen) atoms. The van der Waals surface area contributed by atoms with Gasteiger partial charge < -0.3 is 0 Å². The van der Waals surface area contributed by atoms with Crippen LogP contribution in [0.2, 0.25) is 4.44 Å². The van der Waals surface area contributed by atoms with Crippen LogP contribution in [-0.4, -0.2) is 41.0 Å². The molecule has 0 amide bonds. The Morgan fingerprint density at radius 2 is 2.18 bits per heavy atom. The molecule has 0 aliphatic rings. The summed E-state index contributed by atoms with van der Waals surface area (Å²) >= 11 is 0.118. The van der Waals surface area contributed by atoms with Crippen molar-refractivity contribution in [2.75, 3.05) is 6.61 Å². The topological polar surface area (TPSA) is 9.23 Å². The van der Waals surface area contributed by atoms with Crippen LogP contribution < -0.4 is 0 Å². The van der Waals surface area contributed by atoms with E-state index < -0.39 is 0 Å². The van der Waals surface area contributed by atoms with Crippen LogP contribution in [0.1, 0.15) is 26.7 Å². The zero-order valence-corrected chi connectivity index (χ0v) is 13.1. The van der Waals surface area contributed by atoms with Gasteiger partial charge in [0.1, 0.15) is 0 Å². The Morgan fingerprint density at radius 3 is 2.82 bits per heavy atom. The first kappa shape index (κ1) is 12.1. The van der Waals surface area contributed by atoms with E-state index in [9.17, 15) is 0 Å². The van der Waals surface area contributed by atoms with E-state index in [-0.39, 0.29) is 34.4 Å². The Balaban J connectivity index is 2.89. The molecule has 0 aromatic carbocycles. The molecule has 62 valence electrons. The van der Waals surface area contributed by atoms with E-state index in [2.05, 4.69) is 11.0 Å². The first-order chi connectivity index (χ1) is 5.41. The van der Waals surface area contributed by atoms with Gasteiger partial charge in [-0.1, -0.05) is 0 Å². The third-order valence-electron chi connectivity index (χ3n) is 1.17. The summed E-state index contributed by atoms with van der Waals surface area (Å²) in [5.74, 6) is 0. The molecular formula is C8H16OSn2. The van der Waals surface area contributed by atoms with Gasteiger partial charge in [-0.3, -0.25) is 0 Å². The van der Waals surface area contributed by atoms with Crippen molar-refractivity contribution in [3.05, 3.63) is 10.4 Å². The van der Waals surface area contributed by atoms with Crippen LogP contribution in [-0.2, 0) is 4.74 Å². The Morgan fingerprint density at radius 1 is 1.36 bits per heavy atom. The van der Waals surface area contributed by atoms with Crippen molar-refractivity contribution in [1.82, 2.24) is 0 Å². The maximum absolute atomic E-state index is 5.13. The second kappa shape index (κ2) is 11.1. The van der Waals surface area contributed by atoms with Crippen molar-refractivity contribution in [1.29, 1.82) is 0 Å².